The third kappa shape index (κ3) is 2.85. The number of carbonyl (C=O) groups excluding carboxylic acids is 1. The number of likely N-dealkylation sites (tertiary alicyclic amines) is 1. The van der Waals surface area contributed by atoms with Crippen LogP contribution < -0.4 is 5.32 Å². The third-order valence-corrected chi connectivity index (χ3v) is 5.43. The van der Waals surface area contributed by atoms with E-state index < -0.39 is 5.82 Å². The first kappa shape index (κ1) is 16.3. The number of hydrogen-bond donors (Lipinski definition) is 2. The topological polar surface area (TPSA) is 87.0 Å². The van der Waals surface area contributed by atoms with Gasteiger partial charge in [0.1, 0.15) is 5.52 Å². The molecule has 1 aliphatic heterocycles. The summed E-state index contributed by atoms with van der Waals surface area (Å²) < 4.78 is 19.3. The maximum absolute atomic E-state index is 13.8. The van der Waals surface area contributed by atoms with Crippen LogP contribution in [0, 0.1) is 5.82 Å². The summed E-state index contributed by atoms with van der Waals surface area (Å²) in [5.41, 5.74) is 3.37. The summed E-state index contributed by atoms with van der Waals surface area (Å²) in [6.45, 7) is 1.19. The average Bonchev–Trinajstić information content (AvgIpc) is 3.39. The lowest BCUT2D eigenvalue weighted by Crippen LogP contribution is -2.32. The van der Waals surface area contributed by atoms with Gasteiger partial charge in [-0.05, 0) is 44.2 Å². The summed E-state index contributed by atoms with van der Waals surface area (Å²) in [6, 6.07) is 4.93. The Labute approximate surface area is 154 Å². The van der Waals surface area contributed by atoms with E-state index in [1.807, 2.05) is 4.90 Å². The van der Waals surface area contributed by atoms with Gasteiger partial charge in [-0.1, -0.05) is 6.07 Å². The number of fused-ring (bicyclic) bond motifs is 2. The highest BCUT2D eigenvalue weighted by Gasteiger charge is 2.31. The minimum atomic E-state index is -0.407. The van der Waals surface area contributed by atoms with Gasteiger partial charge in [-0.2, -0.15) is 10.1 Å². The fourth-order valence-corrected chi connectivity index (χ4v) is 4.02. The molecule has 0 radical (unpaired) electrons. The molecule has 2 N–H and O–H groups in total. The van der Waals surface area contributed by atoms with Gasteiger partial charge in [-0.3, -0.25) is 9.89 Å². The Morgan fingerprint density at radius 2 is 2.22 bits per heavy atom. The summed E-state index contributed by atoms with van der Waals surface area (Å²) in [7, 11) is 0. The van der Waals surface area contributed by atoms with E-state index in [1.54, 1.807) is 12.1 Å². The van der Waals surface area contributed by atoms with Gasteiger partial charge in [0.2, 0.25) is 0 Å². The molecule has 1 fully saturated rings. The lowest BCUT2D eigenvalue weighted by molar-refractivity contribution is 0.0784. The number of rotatable bonds is 3. The monoisotopic (exact) mass is 369 g/mol. The number of carbonyl (C=O) groups is 1. The molecular formula is C19H20FN5O2. The van der Waals surface area contributed by atoms with Gasteiger partial charge in [0.15, 0.2) is 17.1 Å². The van der Waals surface area contributed by atoms with Crippen molar-refractivity contribution >= 4 is 23.0 Å². The van der Waals surface area contributed by atoms with E-state index in [0.29, 0.717) is 24.4 Å². The van der Waals surface area contributed by atoms with Gasteiger partial charge in [0.05, 0.1) is 0 Å². The maximum Gasteiger partial charge on any atom is 0.296 e. The van der Waals surface area contributed by atoms with Gasteiger partial charge >= 0.3 is 0 Å². The van der Waals surface area contributed by atoms with Gasteiger partial charge in [0.25, 0.3) is 11.9 Å². The van der Waals surface area contributed by atoms with E-state index in [-0.39, 0.29) is 23.5 Å². The summed E-state index contributed by atoms with van der Waals surface area (Å²) in [5, 5.41) is 10.5. The zero-order chi connectivity index (χ0) is 18.4. The van der Waals surface area contributed by atoms with Crippen molar-refractivity contribution in [1.29, 1.82) is 0 Å². The van der Waals surface area contributed by atoms with Crippen LogP contribution in [-0.2, 0) is 12.8 Å². The highest BCUT2D eigenvalue weighted by atomic mass is 19.1. The molecule has 1 atom stereocenters. The smallest absolute Gasteiger partial charge is 0.296 e. The Morgan fingerprint density at radius 1 is 1.33 bits per heavy atom. The molecule has 2 aliphatic rings. The van der Waals surface area contributed by atoms with Crippen LogP contribution in [0.5, 0.6) is 0 Å². The van der Waals surface area contributed by atoms with Gasteiger partial charge < -0.3 is 14.6 Å². The molecule has 1 aliphatic carbocycles. The molecule has 1 amide bonds. The molecule has 0 saturated carbocycles. The fourth-order valence-electron chi connectivity index (χ4n) is 4.02. The standard InChI is InChI=1S/C19H20FN5O2/c20-13-5-3-7-15-17(13)22-19(27-15)21-11-8-9-25(10-11)18(26)16-12-4-1-2-6-14(12)23-24-16/h3,5,7,11H,1-2,4,6,8-10H2,(H,21,22)(H,23,24)/t11-/m1/s1. The number of nitrogens with zero attached hydrogens (tertiary/aromatic N) is 3. The lowest BCUT2D eigenvalue weighted by Gasteiger charge is -2.17. The predicted molar refractivity (Wildman–Crippen MR) is 97.1 cm³/mol. The van der Waals surface area contributed by atoms with Crippen molar-refractivity contribution in [3.8, 4) is 0 Å². The van der Waals surface area contributed by atoms with Crippen molar-refractivity contribution in [3.05, 3.63) is 41.0 Å². The SMILES string of the molecule is O=C(c1n[nH]c2c1CCCC2)N1CC[C@@H](Nc2nc3c(F)cccc3o2)C1. The quantitative estimate of drug-likeness (QED) is 0.741. The number of halogens is 1. The molecule has 3 aromatic rings. The first-order valence-electron chi connectivity index (χ1n) is 9.36. The number of hydrogen-bond acceptors (Lipinski definition) is 5. The Bertz CT molecular complexity index is 1010. The Morgan fingerprint density at radius 3 is 3.11 bits per heavy atom. The molecular weight excluding hydrogens is 349 g/mol. The highest BCUT2D eigenvalue weighted by Crippen LogP contribution is 2.26. The van der Waals surface area contributed by atoms with E-state index in [1.165, 1.54) is 6.07 Å². The predicted octanol–water partition coefficient (Wildman–Crippen LogP) is 2.90. The molecule has 140 valence electrons. The second kappa shape index (κ2) is 6.37. The second-order valence-corrected chi connectivity index (χ2v) is 7.22. The number of aromatic nitrogens is 3. The van der Waals surface area contributed by atoms with Crippen LogP contribution in [0.4, 0.5) is 10.4 Å². The van der Waals surface area contributed by atoms with Crippen LogP contribution in [0.3, 0.4) is 0 Å². The largest absolute Gasteiger partial charge is 0.423 e. The first-order chi connectivity index (χ1) is 13.2. The number of oxazole rings is 1. The number of H-pyrrole nitrogens is 1. The Kier molecular flexibility index (Phi) is 3.84. The fraction of sp³-hybridized carbons (Fsp3) is 0.421. The molecule has 3 heterocycles. The number of benzene rings is 1. The number of amides is 1. The van der Waals surface area contributed by atoms with E-state index in [4.69, 9.17) is 4.42 Å². The molecule has 0 unspecified atom stereocenters. The molecule has 5 rings (SSSR count). The van der Waals surface area contributed by atoms with Crippen molar-refractivity contribution in [2.45, 2.75) is 38.1 Å². The zero-order valence-electron chi connectivity index (χ0n) is 14.8. The minimum Gasteiger partial charge on any atom is -0.423 e. The van der Waals surface area contributed by atoms with Crippen LogP contribution in [0.15, 0.2) is 22.6 Å². The number of aryl methyl sites for hydroxylation is 1. The lowest BCUT2D eigenvalue weighted by atomic mass is 9.95. The van der Waals surface area contributed by atoms with Crippen LogP contribution in [0.1, 0.15) is 41.0 Å². The summed E-state index contributed by atoms with van der Waals surface area (Å²) in [4.78, 5) is 18.9. The molecule has 0 bridgehead atoms. The molecule has 27 heavy (non-hydrogen) atoms. The van der Waals surface area contributed by atoms with Crippen molar-refractivity contribution < 1.29 is 13.6 Å². The molecule has 1 aromatic carbocycles. The number of para-hydroxylation sites is 1. The number of nitrogens with one attached hydrogen (secondary N) is 2. The molecule has 8 heteroatoms. The van der Waals surface area contributed by atoms with E-state index in [9.17, 15) is 9.18 Å². The van der Waals surface area contributed by atoms with Crippen LogP contribution in [0.25, 0.3) is 11.1 Å². The van der Waals surface area contributed by atoms with Crippen molar-refractivity contribution in [2.75, 3.05) is 18.4 Å². The van der Waals surface area contributed by atoms with Gasteiger partial charge in [-0.25, -0.2) is 4.39 Å². The molecule has 1 saturated heterocycles. The average molecular weight is 369 g/mol. The first-order valence-corrected chi connectivity index (χ1v) is 9.36. The van der Waals surface area contributed by atoms with Crippen LogP contribution >= 0.6 is 0 Å². The summed E-state index contributed by atoms with van der Waals surface area (Å²) in [5.74, 6) is -0.432. The highest BCUT2D eigenvalue weighted by molar-refractivity contribution is 5.94. The second-order valence-electron chi connectivity index (χ2n) is 7.22. The molecule has 2 aromatic heterocycles. The van der Waals surface area contributed by atoms with Crippen molar-refractivity contribution in [1.82, 2.24) is 20.1 Å². The van der Waals surface area contributed by atoms with Crippen LogP contribution in [0.2, 0.25) is 0 Å². The Balaban J connectivity index is 1.29. The summed E-state index contributed by atoms with van der Waals surface area (Å²) >= 11 is 0. The normalized spacial score (nSPS) is 19.4. The van der Waals surface area contributed by atoms with Crippen LogP contribution in [-0.4, -0.2) is 45.1 Å². The molecule has 0 spiro atoms. The summed E-state index contributed by atoms with van der Waals surface area (Å²) in [6.07, 6.45) is 4.90. The van der Waals surface area contributed by atoms with Crippen molar-refractivity contribution in [3.63, 3.8) is 0 Å². The molecule has 7 nitrogen and oxygen atoms in total. The number of anilines is 1. The van der Waals surface area contributed by atoms with E-state index >= 15 is 0 Å². The van der Waals surface area contributed by atoms with Crippen molar-refractivity contribution in [2.24, 2.45) is 0 Å². The van der Waals surface area contributed by atoms with Gasteiger partial charge in [0, 0.05) is 30.4 Å². The Hall–Kier alpha value is -2.90. The minimum absolute atomic E-state index is 0.0137. The van der Waals surface area contributed by atoms with E-state index in [2.05, 4.69) is 20.5 Å². The zero-order valence-corrected chi connectivity index (χ0v) is 14.8. The number of aromatic amines is 1. The maximum atomic E-state index is 13.8. The van der Waals surface area contributed by atoms with Gasteiger partial charge in [-0.15, -0.1) is 0 Å². The van der Waals surface area contributed by atoms with E-state index in [0.717, 1.165) is 43.4 Å². The third-order valence-electron chi connectivity index (χ3n) is 5.43.